The van der Waals surface area contributed by atoms with E-state index in [-0.39, 0.29) is 0 Å². The summed E-state index contributed by atoms with van der Waals surface area (Å²) in [6, 6.07) is 13.1. The predicted molar refractivity (Wildman–Crippen MR) is 100 cm³/mol. The predicted octanol–water partition coefficient (Wildman–Crippen LogP) is 3.48. The van der Waals surface area contributed by atoms with E-state index in [1.54, 1.807) is 25.4 Å². The van der Waals surface area contributed by atoms with Gasteiger partial charge in [-0.3, -0.25) is 4.98 Å². The summed E-state index contributed by atoms with van der Waals surface area (Å²) in [5.74, 6) is 0.943. The van der Waals surface area contributed by atoms with Crippen molar-refractivity contribution in [2.24, 2.45) is 0 Å². The summed E-state index contributed by atoms with van der Waals surface area (Å²) in [7, 11) is 2.97. The van der Waals surface area contributed by atoms with Crippen molar-refractivity contribution in [3.05, 3.63) is 60.4 Å². The van der Waals surface area contributed by atoms with Crippen LogP contribution in [-0.2, 0) is 4.74 Å². The highest BCUT2D eigenvalue weighted by atomic mass is 16.5. The fourth-order valence-corrected chi connectivity index (χ4v) is 2.81. The molecule has 0 fully saturated rings. The van der Waals surface area contributed by atoms with Crippen molar-refractivity contribution in [2.45, 2.75) is 0 Å². The van der Waals surface area contributed by atoms with E-state index in [4.69, 9.17) is 4.74 Å². The first-order chi connectivity index (χ1) is 13.2. The maximum atomic E-state index is 11.5. The summed E-state index contributed by atoms with van der Waals surface area (Å²) >= 11 is 0. The molecule has 1 aromatic carbocycles. The second kappa shape index (κ2) is 6.87. The second-order valence-electron chi connectivity index (χ2n) is 5.79. The van der Waals surface area contributed by atoms with Crippen molar-refractivity contribution >= 4 is 17.1 Å². The van der Waals surface area contributed by atoms with Gasteiger partial charge < -0.3 is 14.5 Å². The zero-order valence-corrected chi connectivity index (χ0v) is 14.8. The van der Waals surface area contributed by atoms with Gasteiger partial charge in [0.15, 0.2) is 11.5 Å². The third-order valence-corrected chi connectivity index (χ3v) is 4.21. The molecule has 0 aliphatic heterocycles. The van der Waals surface area contributed by atoms with Crippen molar-refractivity contribution < 1.29 is 14.3 Å². The number of aromatic amines is 1. The Kier molecular flexibility index (Phi) is 4.25. The normalized spacial score (nSPS) is 10.7. The summed E-state index contributed by atoms with van der Waals surface area (Å²) in [5, 5.41) is 0. The van der Waals surface area contributed by atoms with Crippen molar-refractivity contribution in [1.82, 2.24) is 19.9 Å². The lowest BCUT2D eigenvalue weighted by Crippen LogP contribution is -2.01. The van der Waals surface area contributed by atoms with Crippen LogP contribution in [0.15, 0.2) is 54.9 Å². The van der Waals surface area contributed by atoms with Crippen LogP contribution in [0.5, 0.6) is 5.75 Å². The van der Waals surface area contributed by atoms with Gasteiger partial charge in [-0.05, 0) is 35.9 Å². The maximum absolute atomic E-state index is 11.5. The number of hydrogen-bond donors (Lipinski definition) is 1. The molecule has 0 unspecified atom stereocenters. The fourth-order valence-electron chi connectivity index (χ4n) is 2.81. The monoisotopic (exact) mass is 360 g/mol. The molecule has 4 aromatic rings. The number of nitrogens with zero attached hydrogens (tertiary/aromatic N) is 3. The minimum absolute atomic E-state index is 0.384. The summed E-state index contributed by atoms with van der Waals surface area (Å²) in [6.07, 6.45) is 3.20. The lowest BCUT2D eigenvalue weighted by Gasteiger charge is -2.04. The molecule has 0 radical (unpaired) electrons. The van der Waals surface area contributed by atoms with Gasteiger partial charge in [0.2, 0.25) is 0 Å². The zero-order chi connectivity index (χ0) is 18.8. The quantitative estimate of drug-likeness (QED) is 0.560. The highest BCUT2D eigenvalue weighted by molar-refractivity contribution is 5.92. The van der Waals surface area contributed by atoms with E-state index in [1.807, 2.05) is 30.3 Å². The molecule has 0 amide bonds. The molecule has 0 aliphatic rings. The highest BCUT2D eigenvalue weighted by Gasteiger charge is 2.13. The Bertz CT molecular complexity index is 1100. The molecule has 0 atom stereocenters. The summed E-state index contributed by atoms with van der Waals surface area (Å²) in [6.45, 7) is 0. The SMILES string of the molecule is COC(=O)c1ccc(-c2nc3c(-c4ccc(OC)cc4)ccnc3[nH]2)nc1. The molecule has 0 bridgehead atoms. The van der Waals surface area contributed by atoms with E-state index in [0.29, 0.717) is 22.7 Å². The largest absolute Gasteiger partial charge is 0.497 e. The molecule has 27 heavy (non-hydrogen) atoms. The van der Waals surface area contributed by atoms with Crippen LogP contribution in [0.1, 0.15) is 10.4 Å². The molecule has 1 N–H and O–H groups in total. The van der Waals surface area contributed by atoms with Crippen molar-refractivity contribution in [3.63, 3.8) is 0 Å². The molecular formula is C20H16N4O3. The lowest BCUT2D eigenvalue weighted by atomic mass is 10.1. The Morgan fingerprint density at radius 2 is 1.81 bits per heavy atom. The number of benzene rings is 1. The average molecular weight is 360 g/mol. The first-order valence-electron chi connectivity index (χ1n) is 8.23. The van der Waals surface area contributed by atoms with E-state index in [0.717, 1.165) is 22.4 Å². The Morgan fingerprint density at radius 1 is 1.00 bits per heavy atom. The lowest BCUT2D eigenvalue weighted by molar-refractivity contribution is 0.0600. The number of aromatic nitrogens is 4. The van der Waals surface area contributed by atoms with Gasteiger partial charge in [-0.15, -0.1) is 0 Å². The molecule has 3 heterocycles. The van der Waals surface area contributed by atoms with Crippen LogP contribution in [0, 0.1) is 0 Å². The molecule has 7 nitrogen and oxygen atoms in total. The van der Waals surface area contributed by atoms with E-state index in [1.165, 1.54) is 13.3 Å². The fraction of sp³-hybridized carbons (Fsp3) is 0.100. The number of hydrogen-bond acceptors (Lipinski definition) is 6. The molecule has 0 saturated carbocycles. The molecule has 0 saturated heterocycles. The zero-order valence-electron chi connectivity index (χ0n) is 14.8. The minimum atomic E-state index is -0.429. The smallest absolute Gasteiger partial charge is 0.339 e. The van der Waals surface area contributed by atoms with Crippen LogP contribution in [0.2, 0.25) is 0 Å². The molecule has 7 heteroatoms. The summed E-state index contributed by atoms with van der Waals surface area (Å²) < 4.78 is 9.90. The molecule has 3 aromatic heterocycles. The number of carbonyl (C=O) groups is 1. The van der Waals surface area contributed by atoms with Gasteiger partial charge in [0.05, 0.1) is 19.8 Å². The highest BCUT2D eigenvalue weighted by Crippen LogP contribution is 2.29. The number of ether oxygens (including phenoxy) is 2. The van der Waals surface area contributed by atoms with Gasteiger partial charge >= 0.3 is 5.97 Å². The molecular weight excluding hydrogens is 344 g/mol. The van der Waals surface area contributed by atoms with E-state index in [9.17, 15) is 4.79 Å². The third kappa shape index (κ3) is 3.10. The van der Waals surface area contributed by atoms with Gasteiger partial charge in [-0.25, -0.2) is 14.8 Å². The van der Waals surface area contributed by atoms with E-state index in [2.05, 4.69) is 24.7 Å². The Morgan fingerprint density at radius 3 is 2.48 bits per heavy atom. The van der Waals surface area contributed by atoms with Gasteiger partial charge in [0.25, 0.3) is 0 Å². The first-order valence-corrected chi connectivity index (χ1v) is 8.23. The average Bonchev–Trinajstić information content (AvgIpc) is 3.18. The van der Waals surface area contributed by atoms with Crippen molar-refractivity contribution in [3.8, 4) is 28.4 Å². The van der Waals surface area contributed by atoms with Crippen LogP contribution in [0.25, 0.3) is 33.8 Å². The first kappa shape index (κ1) is 16.7. The standard InChI is InChI=1S/C20H16N4O3/c1-26-14-6-3-12(4-7-14)15-9-10-21-19-17(15)23-18(24-19)16-8-5-13(11-22-16)20(25)27-2/h3-11H,1-2H3,(H,21,23,24). The molecule has 0 aliphatic carbocycles. The van der Waals surface area contributed by atoms with Crippen LogP contribution in [-0.4, -0.2) is 40.1 Å². The number of carbonyl (C=O) groups excluding carboxylic acids is 1. The molecule has 0 spiro atoms. The number of imidazole rings is 1. The van der Waals surface area contributed by atoms with Gasteiger partial charge in [0, 0.05) is 18.0 Å². The Labute approximate surface area is 155 Å². The Balaban J connectivity index is 1.75. The molecule has 4 rings (SSSR count). The third-order valence-electron chi connectivity index (χ3n) is 4.21. The second-order valence-corrected chi connectivity index (χ2v) is 5.79. The number of nitrogens with one attached hydrogen (secondary N) is 1. The van der Waals surface area contributed by atoms with Gasteiger partial charge in [0.1, 0.15) is 17.0 Å². The topological polar surface area (TPSA) is 90.0 Å². The summed E-state index contributed by atoms with van der Waals surface area (Å²) in [5.41, 5.74) is 4.37. The number of H-pyrrole nitrogens is 1. The van der Waals surface area contributed by atoms with Crippen LogP contribution < -0.4 is 4.74 Å². The Hall–Kier alpha value is -3.74. The minimum Gasteiger partial charge on any atom is -0.497 e. The van der Waals surface area contributed by atoms with Gasteiger partial charge in [-0.1, -0.05) is 12.1 Å². The number of esters is 1. The van der Waals surface area contributed by atoms with E-state index >= 15 is 0 Å². The number of fused-ring (bicyclic) bond motifs is 1. The molecule has 134 valence electrons. The number of methoxy groups -OCH3 is 2. The number of rotatable bonds is 4. The van der Waals surface area contributed by atoms with Crippen molar-refractivity contribution in [1.29, 1.82) is 0 Å². The van der Waals surface area contributed by atoms with E-state index < -0.39 is 5.97 Å². The van der Waals surface area contributed by atoms with Crippen molar-refractivity contribution in [2.75, 3.05) is 14.2 Å². The van der Waals surface area contributed by atoms with Crippen LogP contribution >= 0.6 is 0 Å². The van der Waals surface area contributed by atoms with Gasteiger partial charge in [-0.2, -0.15) is 0 Å². The maximum Gasteiger partial charge on any atom is 0.339 e. The number of pyridine rings is 2. The summed E-state index contributed by atoms with van der Waals surface area (Å²) in [4.78, 5) is 28.1. The van der Waals surface area contributed by atoms with Crippen LogP contribution in [0.3, 0.4) is 0 Å². The van der Waals surface area contributed by atoms with Crippen LogP contribution in [0.4, 0.5) is 0 Å².